The number of methoxy groups -OCH3 is 1. The molecule has 0 N–H and O–H groups in total. The lowest BCUT2D eigenvalue weighted by atomic mass is 9.91. The van der Waals surface area contributed by atoms with Crippen molar-refractivity contribution in [1.29, 1.82) is 0 Å². The van der Waals surface area contributed by atoms with Crippen molar-refractivity contribution in [1.82, 2.24) is 9.96 Å². The number of benzene rings is 3. The number of carbonyl (C=O) groups is 2. The smallest absolute Gasteiger partial charge is 0.467 e. The van der Waals surface area contributed by atoms with Gasteiger partial charge in [-0.1, -0.05) is 84.9 Å². The van der Waals surface area contributed by atoms with E-state index in [1.807, 2.05) is 66.7 Å². The Kier molecular flexibility index (Phi) is 6.89. The highest BCUT2D eigenvalue weighted by molar-refractivity contribution is 7.48. The summed E-state index contributed by atoms with van der Waals surface area (Å²) in [4.78, 5) is 27.3. The van der Waals surface area contributed by atoms with Gasteiger partial charge >= 0.3 is 19.8 Å². The number of urea groups is 1. The number of ether oxygens (including phenoxy) is 1. The molecule has 0 unspecified atom stereocenters. The van der Waals surface area contributed by atoms with Crippen molar-refractivity contribution in [2.75, 3.05) is 13.7 Å². The zero-order valence-corrected chi connectivity index (χ0v) is 20.5. The van der Waals surface area contributed by atoms with Gasteiger partial charge in [-0.2, -0.15) is 9.69 Å². The minimum absolute atomic E-state index is 0.0509. The number of phosphoric acid groups is 1. The van der Waals surface area contributed by atoms with Crippen LogP contribution in [0, 0.1) is 0 Å². The summed E-state index contributed by atoms with van der Waals surface area (Å²) in [6.45, 7) is 0.0579. The summed E-state index contributed by atoms with van der Waals surface area (Å²) in [7, 11) is -3.01. The first kappa shape index (κ1) is 24.2. The summed E-state index contributed by atoms with van der Waals surface area (Å²) < 4.78 is 36.0. The number of nitrogens with zero attached hydrogens (tertiary/aromatic N) is 2. The molecule has 5 rings (SSSR count). The molecule has 2 heterocycles. The minimum atomic E-state index is -4.29. The third kappa shape index (κ3) is 4.79. The number of amides is 2. The van der Waals surface area contributed by atoms with Gasteiger partial charge in [0.1, 0.15) is 6.04 Å². The highest BCUT2D eigenvalue weighted by Gasteiger charge is 2.53. The molecule has 2 amide bonds. The Morgan fingerprint density at radius 2 is 1.39 bits per heavy atom. The molecule has 2 bridgehead atoms. The van der Waals surface area contributed by atoms with Crippen LogP contribution in [0.15, 0.2) is 84.9 Å². The molecule has 186 valence electrons. The van der Waals surface area contributed by atoms with E-state index in [0.717, 1.165) is 16.2 Å². The molecule has 1 fully saturated rings. The van der Waals surface area contributed by atoms with Gasteiger partial charge in [-0.3, -0.25) is 9.05 Å². The second kappa shape index (κ2) is 10.2. The number of rotatable bonds is 9. The fourth-order valence-electron chi connectivity index (χ4n) is 4.38. The molecule has 0 spiro atoms. The van der Waals surface area contributed by atoms with Crippen molar-refractivity contribution < 1.29 is 32.6 Å². The number of esters is 1. The van der Waals surface area contributed by atoms with Crippen LogP contribution in [0.4, 0.5) is 4.79 Å². The first-order valence-electron chi connectivity index (χ1n) is 11.4. The van der Waals surface area contributed by atoms with Gasteiger partial charge in [0.15, 0.2) is 6.04 Å². The Morgan fingerprint density at radius 3 is 1.94 bits per heavy atom. The number of carbonyl (C=O) groups excluding carboxylic acids is 2. The van der Waals surface area contributed by atoms with Gasteiger partial charge in [-0.15, -0.1) is 0 Å². The van der Waals surface area contributed by atoms with E-state index in [0.29, 0.717) is 11.1 Å². The maximum atomic E-state index is 13.9. The number of fused-ring (bicyclic) bond motifs is 4. The van der Waals surface area contributed by atoms with E-state index in [9.17, 15) is 14.2 Å². The molecule has 0 aliphatic carbocycles. The van der Waals surface area contributed by atoms with Crippen molar-refractivity contribution in [3.63, 3.8) is 0 Å². The fourth-order valence-corrected chi connectivity index (χ4v) is 5.56. The molecular weight excluding hydrogens is 483 g/mol. The van der Waals surface area contributed by atoms with E-state index < -0.39 is 31.9 Å². The van der Waals surface area contributed by atoms with Gasteiger partial charge in [-0.25, -0.2) is 14.2 Å². The van der Waals surface area contributed by atoms with Crippen molar-refractivity contribution in [2.45, 2.75) is 25.3 Å². The highest BCUT2D eigenvalue weighted by Crippen LogP contribution is 2.55. The molecule has 3 aromatic carbocycles. The Labute approximate surface area is 208 Å². The Hall–Kier alpha value is -3.49. The van der Waals surface area contributed by atoms with Gasteiger partial charge in [0.25, 0.3) is 0 Å². The van der Waals surface area contributed by atoms with Gasteiger partial charge < -0.3 is 9.64 Å². The summed E-state index contributed by atoms with van der Waals surface area (Å²) in [6, 6.07) is 23.3. The van der Waals surface area contributed by atoms with Crippen LogP contribution in [0.5, 0.6) is 0 Å². The molecule has 10 heteroatoms. The van der Waals surface area contributed by atoms with E-state index in [1.165, 1.54) is 12.0 Å². The molecule has 36 heavy (non-hydrogen) atoms. The molecule has 0 saturated carbocycles. The molecule has 2 aliphatic rings. The molecular formula is C26H25N2O7P. The largest absolute Gasteiger partial charge is 0.497 e. The number of hydrogen-bond acceptors (Lipinski definition) is 7. The average molecular weight is 508 g/mol. The molecule has 2 atom stereocenters. The Morgan fingerprint density at radius 1 is 0.861 bits per heavy atom. The van der Waals surface area contributed by atoms with Crippen molar-refractivity contribution in [2.24, 2.45) is 0 Å². The number of hydrogen-bond donors (Lipinski definition) is 0. The van der Waals surface area contributed by atoms with Crippen LogP contribution in [0.3, 0.4) is 0 Å². The monoisotopic (exact) mass is 508 g/mol. The Balaban J connectivity index is 1.43. The molecule has 2 aliphatic heterocycles. The van der Waals surface area contributed by atoms with E-state index in [1.54, 1.807) is 18.2 Å². The van der Waals surface area contributed by atoms with Gasteiger partial charge in [0.2, 0.25) is 0 Å². The first-order chi connectivity index (χ1) is 17.5. The van der Waals surface area contributed by atoms with Gasteiger partial charge in [0.05, 0.1) is 26.9 Å². The first-order valence-corrected chi connectivity index (χ1v) is 12.9. The van der Waals surface area contributed by atoms with Crippen molar-refractivity contribution >= 4 is 19.8 Å². The van der Waals surface area contributed by atoms with Crippen LogP contribution in [-0.4, -0.2) is 35.6 Å². The predicted octanol–water partition coefficient (Wildman–Crippen LogP) is 5.17. The summed E-state index contributed by atoms with van der Waals surface area (Å²) in [5, 5.41) is 0.999. The molecule has 0 aromatic heterocycles. The van der Waals surface area contributed by atoms with Crippen LogP contribution in [0.2, 0.25) is 0 Å². The lowest BCUT2D eigenvalue weighted by Crippen LogP contribution is -2.39. The second-order valence-electron chi connectivity index (χ2n) is 8.38. The normalized spacial score (nSPS) is 18.8. The standard InChI is InChI=1S/C26H25N2O7P/c1-32-25(29)24-22-15-9-8-14-21(22)23-16-27(24)26(30)28(23)35-36(31,33-17-19-10-4-2-5-11-19)34-18-20-12-6-3-7-13-20/h2-15,23-24H,16-18H2,1H3/t23-,24-/m1/s1. The summed E-state index contributed by atoms with van der Waals surface area (Å²) in [5.41, 5.74) is 2.85. The summed E-state index contributed by atoms with van der Waals surface area (Å²) in [5.74, 6) is -0.570. The third-order valence-electron chi connectivity index (χ3n) is 6.12. The minimum Gasteiger partial charge on any atom is -0.467 e. The molecule has 3 aromatic rings. The lowest BCUT2D eigenvalue weighted by molar-refractivity contribution is -0.146. The van der Waals surface area contributed by atoms with Crippen molar-refractivity contribution in [3.05, 3.63) is 107 Å². The van der Waals surface area contributed by atoms with Gasteiger partial charge in [-0.05, 0) is 22.3 Å². The molecule has 9 nitrogen and oxygen atoms in total. The van der Waals surface area contributed by atoms with E-state index in [4.69, 9.17) is 18.4 Å². The topological polar surface area (TPSA) is 94.6 Å². The third-order valence-corrected chi connectivity index (χ3v) is 7.39. The molecule has 0 radical (unpaired) electrons. The average Bonchev–Trinajstić information content (AvgIpc) is 3.19. The zero-order valence-electron chi connectivity index (χ0n) is 19.6. The van der Waals surface area contributed by atoms with Gasteiger partial charge in [0, 0.05) is 0 Å². The number of phosphoric ester groups is 1. The maximum absolute atomic E-state index is 13.9. The predicted molar refractivity (Wildman–Crippen MR) is 129 cm³/mol. The van der Waals surface area contributed by atoms with E-state index in [-0.39, 0.29) is 19.8 Å². The SMILES string of the molecule is COC(=O)[C@H]1c2ccccc2[C@H]2CN1C(=O)N2OP(=O)(OCc1ccccc1)OCc1ccccc1. The Bertz CT molecular complexity index is 1240. The second-order valence-corrected chi connectivity index (χ2v) is 9.95. The quantitative estimate of drug-likeness (QED) is 0.291. The summed E-state index contributed by atoms with van der Waals surface area (Å²) >= 11 is 0. The van der Waals surface area contributed by atoms with Crippen LogP contribution in [-0.2, 0) is 41.0 Å². The molecule has 1 saturated heterocycles. The van der Waals surface area contributed by atoms with Crippen LogP contribution in [0.25, 0.3) is 0 Å². The highest BCUT2D eigenvalue weighted by atomic mass is 31.2. The maximum Gasteiger partial charge on any atom is 0.497 e. The fraction of sp³-hybridized carbons (Fsp3) is 0.231. The van der Waals surface area contributed by atoms with E-state index in [2.05, 4.69) is 0 Å². The van der Waals surface area contributed by atoms with Crippen molar-refractivity contribution in [3.8, 4) is 0 Å². The van der Waals surface area contributed by atoms with Crippen LogP contribution < -0.4 is 0 Å². The van der Waals surface area contributed by atoms with E-state index >= 15 is 0 Å². The van der Waals surface area contributed by atoms with Crippen LogP contribution >= 0.6 is 7.82 Å². The zero-order chi connectivity index (χ0) is 25.1. The summed E-state index contributed by atoms with van der Waals surface area (Å²) in [6.07, 6.45) is 0. The van der Waals surface area contributed by atoms with Crippen LogP contribution in [0.1, 0.15) is 34.3 Å². The lowest BCUT2D eigenvalue weighted by Gasteiger charge is -2.31. The number of hydroxylamine groups is 2.